The molecule has 29 heavy (non-hydrogen) atoms. The normalized spacial score (nSPS) is 15.6. The summed E-state index contributed by atoms with van der Waals surface area (Å²) in [6.45, 7) is 9.77. The smallest absolute Gasteiger partial charge is 0.410 e. The maximum Gasteiger partial charge on any atom is 0.410 e. The Hall–Kier alpha value is -2.77. The van der Waals surface area contributed by atoms with E-state index in [4.69, 9.17) is 4.74 Å². The highest BCUT2D eigenvalue weighted by Crippen LogP contribution is 2.31. The van der Waals surface area contributed by atoms with Crippen LogP contribution in [0.15, 0.2) is 18.3 Å². The van der Waals surface area contributed by atoms with E-state index in [1.54, 1.807) is 17.8 Å². The number of carboxylic acids is 1. The highest BCUT2D eigenvalue weighted by molar-refractivity contribution is 6.06. The molecule has 2 heterocycles. The zero-order valence-electron chi connectivity index (χ0n) is 17.8. The van der Waals surface area contributed by atoms with Crippen LogP contribution in [0, 0.1) is 0 Å². The van der Waals surface area contributed by atoms with Crippen LogP contribution >= 0.6 is 0 Å². The van der Waals surface area contributed by atoms with Gasteiger partial charge in [0.1, 0.15) is 11.1 Å². The van der Waals surface area contributed by atoms with Gasteiger partial charge in [0.05, 0.1) is 5.56 Å². The van der Waals surface area contributed by atoms with Crippen LogP contribution in [0.2, 0.25) is 0 Å². The molecule has 8 nitrogen and oxygen atoms in total. The van der Waals surface area contributed by atoms with Gasteiger partial charge in [0.2, 0.25) is 0 Å². The number of amides is 1. The van der Waals surface area contributed by atoms with Crippen molar-refractivity contribution < 1.29 is 19.4 Å². The monoisotopic (exact) mass is 402 g/mol. The molecule has 1 aliphatic rings. The zero-order chi connectivity index (χ0) is 21.3. The van der Waals surface area contributed by atoms with Gasteiger partial charge in [-0.3, -0.25) is 4.68 Å². The quantitative estimate of drug-likeness (QED) is 0.842. The van der Waals surface area contributed by atoms with Crippen molar-refractivity contribution in [2.24, 2.45) is 7.05 Å². The molecule has 0 atom stereocenters. The minimum absolute atomic E-state index is 0.133. The number of carbonyl (C=O) groups excluding carboxylic acids is 1. The molecule has 1 saturated heterocycles. The Morgan fingerprint density at radius 1 is 1.28 bits per heavy atom. The fourth-order valence-corrected chi connectivity index (χ4v) is 3.93. The van der Waals surface area contributed by atoms with Crippen LogP contribution in [0.5, 0.6) is 0 Å². The molecule has 3 rings (SSSR count). The van der Waals surface area contributed by atoms with Crippen LogP contribution in [-0.2, 0) is 11.8 Å². The largest absolute Gasteiger partial charge is 0.478 e. The zero-order valence-corrected chi connectivity index (χ0v) is 17.8. The predicted molar refractivity (Wildman–Crippen MR) is 112 cm³/mol. The summed E-state index contributed by atoms with van der Waals surface area (Å²) in [6.07, 6.45) is 3.26. The number of hydrogen-bond donors (Lipinski definition) is 1. The third-order valence-corrected chi connectivity index (χ3v) is 5.21. The number of hydrogen-bond acceptors (Lipinski definition) is 5. The molecule has 1 fully saturated rings. The van der Waals surface area contributed by atoms with Crippen molar-refractivity contribution in [1.82, 2.24) is 14.7 Å². The molecule has 0 saturated carbocycles. The molecule has 0 bridgehead atoms. The van der Waals surface area contributed by atoms with Crippen LogP contribution in [0.3, 0.4) is 0 Å². The van der Waals surface area contributed by atoms with Crippen molar-refractivity contribution in [3.63, 3.8) is 0 Å². The van der Waals surface area contributed by atoms with Crippen LogP contribution in [0.1, 0.15) is 50.9 Å². The number of piperidine rings is 1. The van der Waals surface area contributed by atoms with Gasteiger partial charge in [0.25, 0.3) is 0 Å². The number of carbonyl (C=O) groups is 2. The summed E-state index contributed by atoms with van der Waals surface area (Å²) in [5, 5.41) is 14.6. The fourth-order valence-electron chi connectivity index (χ4n) is 3.93. The first-order chi connectivity index (χ1) is 13.6. The standard InChI is InChI=1S/C21H30N4O4/c1-6-25(20(28)29-21(2,3)4)14-9-11-24(12-10-14)17-8-7-15(19(26)27)18-16(17)13-23(5)22-18/h7-8,13-14H,6,9-12H2,1-5H3,(H,26,27). The first-order valence-corrected chi connectivity index (χ1v) is 10.0. The first kappa shape index (κ1) is 21.0. The summed E-state index contributed by atoms with van der Waals surface area (Å²) in [5.41, 5.74) is 1.19. The van der Waals surface area contributed by atoms with E-state index in [1.807, 2.05) is 44.9 Å². The van der Waals surface area contributed by atoms with Crippen molar-refractivity contribution in [2.75, 3.05) is 24.5 Å². The number of anilines is 1. The van der Waals surface area contributed by atoms with Gasteiger partial charge >= 0.3 is 12.1 Å². The van der Waals surface area contributed by atoms with E-state index < -0.39 is 11.6 Å². The lowest BCUT2D eigenvalue weighted by atomic mass is 10.0. The minimum Gasteiger partial charge on any atom is -0.478 e. The third kappa shape index (κ3) is 4.46. The second kappa shape index (κ2) is 7.93. The molecule has 0 spiro atoms. The van der Waals surface area contributed by atoms with Crippen LogP contribution < -0.4 is 4.90 Å². The first-order valence-electron chi connectivity index (χ1n) is 10.0. The number of benzene rings is 1. The van der Waals surface area contributed by atoms with E-state index in [1.165, 1.54) is 0 Å². The van der Waals surface area contributed by atoms with Crippen molar-refractivity contribution in [1.29, 1.82) is 0 Å². The van der Waals surface area contributed by atoms with Gasteiger partial charge in [0, 0.05) is 50.0 Å². The molecule has 1 amide bonds. The van der Waals surface area contributed by atoms with Crippen LogP contribution in [0.4, 0.5) is 10.5 Å². The second-order valence-corrected chi connectivity index (χ2v) is 8.49. The van der Waals surface area contributed by atoms with Gasteiger partial charge in [-0.15, -0.1) is 0 Å². The fraction of sp³-hybridized carbons (Fsp3) is 0.571. The molecular formula is C21H30N4O4. The molecule has 8 heteroatoms. The summed E-state index contributed by atoms with van der Waals surface area (Å²) in [4.78, 5) is 28.1. The Bertz CT molecular complexity index is 907. The lowest BCUT2D eigenvalue weighted by Crippen LogP contribution is -2.48. The number of aromatic nitrogens is 2. The Morgan fingerprint density at radius 3 is 2.48 bits per heavy atom. The summed E-state index contributed by atoms with van der Waals surface area (Å²) in [6, 6.07) is 3.62. The summed E-state index contributed by atoms with van der Waals surface area (Å²) in [5.74, 6) is -0.977. The molecule has 0 aliphatic carbocycles. The minimum atomic E-state index is -0.977. The van der Waals surface area contributed by atoms with Crippen molar-refractivity contribution >= 4 is 28.7 Å². The van der Waals surface area contributed by atoms with Gasteiger partial charge in [-0.2, -0.15) is 5.10 Å². The molecule has 158 valence electrons. The maximum atomic E-state index is 12.5. The summed E-state index contributed by atoms with van der Waals surface area (Å²) >= 11 is 0. The van der Waals surface area contributed by atoms with Gasteiger partial charge in [-0.25, -0.2) is 9.59 Å². The van der Waals surface area contributed by atoms with E-state index in [0.717, 1.165) is 37.0 Å². The third-order valence-electron chi connectivity index (χ3n) is 5.21. The van der Waals surface area contributed by atoms with Crippen molar-refractivity contribution in [3.8, 4) is 0 Å². The molecule has 0 unspecified atom stereocenters. The average Bonchev–Trinajstić information content (AvgIpc) is 3.01. The number of fused-ring (bicyclic) bond motifs is 1. The molecular weight excluding hydrogens is 372 g/mol. The maximum absolute atomic E-state index is 12.5. The molecule has 1 aliphatic heterocycles. The average molecular weight is 402 g/mol. The SMILES string of the molecule is CCN(C(=O)OC(C)(C)C)C1CCN(c2ccc(C(=O)O)c3nn(C)cc23)CC1. The Morgan fingerprint density at radius 2 is 1.93 bits per heavy atom. The molecule has 0 radical (unpaired) electrons. The highest BCUT2D eigenvalue weighted by atomic mass is 16.6. The number of ether oxygens (including phenoxy) is 1. The number of aromatic carboxylic acids is 1. The second-order valence-electron chi connectivity index (χ2n) is 8.49. The molecule has 1 N–H and O–H groups in total. The van der Waals surface area contributed by atoms with E-state index >= 15 is 0 Å². The van der Waals surface area contributed by atoms with Crippen LogP contribution in [-0.4, -0.2) is 63.1 Å². The van der Waals surface area contributed by atoms with Crippen LogP contribution in [0.25, 0.3) is 10.9 Å². The van der Waals surface area contributed by atoms with E-state index in [9.17, 15) is 14.7 Å². The summed E-state index contributed by atoms with van der Waals surface area (Å²) in [7, 11) is 1.79. The number of aryl methyl sites for hydroxylation is 1. The topological polar surface area (TPSA) is 87.9 Å². The van der Waals surface area contributed by atoms with Crippen molar-refractivity contribution in [3.05, 3.63) is 23.9 Å². The highest BCUT2D eigenvalue weighted by Gasteiger charge is 2.31. The molecule has 2 aromatic rings. The predicted octanol–water partition coefficient (Wildman–Crippen LogP) is 3.50. The van der Waals surface area contributed by atoms with E-state index in [-0.39, 0.29) is 17.7 Å². The van der Waals surface area contributed by atoms with Gasteiger partial charge in [-0.05, 0) is 52.7 Å². The molecule has 1 aromatic heterocycles. The lowest BCUT2D eigenvalue weighted by Gasteiger charge is -2.39. The molecule has 1 aromatic carbocycles. The van der Waals surface area contributed by atoms with Crippen molar-refractivity contribution in [2.45, 2.75) is 52.2 Å². The Labute approximate surface area is 171 Å². The van der Waals surface area contributed by atoms with Gasteiger partial charge < -0.3 is 19.6 Å². The van der Waals surface area contributed by atoms with Gasteiger partial charge in [0.15, 0.2) is 0 Å². The number of rotatable bonds is 4. The van der Waals surface area contributed by atoms with E-state index in [0.29, 0.717) is 12.1 Å². The summed E-state index contributed by atoms with van der Waals surface area (Å²) < 4.78 is 7.21. The van der Waals surface area contributed by atoms with E-state index in [2.05, 4.69) is 10.00 Å². The Kier molecular flexibility index (Phi) is 5.73. The lowest BCUT2D eigenvalue weighted by molar-refractivity contribution is 0.0149. The van der Waals surface area contributed by atoms with Gasteiger partial charge in [-0.1, -0.05) is 0 Å². The number of nitrogens with zero attached hydrogens (tertiary/aromatic N) is 4. The number of carboxylic acid groups (broad SMARTS) is 1. The Balaban J connectivity index is 1.76.